The van der Waals surface area contributed by atoms with Crippen molar-refractivity contribution in [1.29, 1.82) is 0 Å². The first kappa shape index (κ1) is 13.9. The van der Waals surface area contributed by atoms with E-state index >= 15 is 0 Å². The van der Waals surface area contributed by atoms with Crippen molar-refractivity contribution in [1.82, 2.24) is 10.2 Å². The maximum Gasteiger partial charge on any atom is 0.326 e. The monoisotopic (exact) mass is 218 g/mol. The summed E-state index contributed by atoms with van der Waals surface area (Å²) in [5.74, 6) is -1.44. The van der Waals surface area contributed by atoms with Gasteiger partial charge in [-0.3, -0.25) is 4.79 Å². The van der Waals surface area contributed by atoms with Crippen LogP contribution >= 0.6 is 0 Å². The summed E-state index contributed by atoms with van der Waals surface area (Å²) in [5, 5.41) is 19.6. The maximum atomic E-state index is 11.3. The van der Waals surface area contributed by atoms with Crippen molar-refractivity contribution in [2.45, 2.75) is 18.9 Å². The van der Waals surface area contributed by atoms with E-state index in [1.807, 2.05) is 19.0 Å². The number of nitrogens with one attached hydrogen (secondary N) is 1. The number of amides is 1. The summed E-state index contributed by atoms with van der Waals surface area (Å²) < 4.78 is 0. The highest BCUT2D eigenvalue weighted by molar-refractivity contribution is 5.83. The topological polar surface area (TPSA) is 89.9 Å². The highest BCUT2D eigenvalue weighted by Gasteiger charge is 2.18. The summed E-state index contributed by atoms with van der Waals surface area (Å²) in [6.07, 6.45) is 0.283. The summed E-state index contributed by atoms with van der Waals surface area (Å²) in [4.78, 5) is 23.7. The van der Waals surface area contributed by atoms with Crippen LogP contribution in [0, 0.1) is 0 Å². The fourth-order valence-electron chi connectivity index (χ4n) is 0.978. The average Bonchev–Trinajstić information content (AvgIpc) is 2.14. The first-order chi connectivity index (χ1) is 6.97. The molecule has 3 N–H and O–H groups in total. The lowest BCUT2D eigenvalue weighted by Crippen LogP contribution is -2.42. The summed E-state index contributed by atoms with van der Waals surface area (Å²) in [5.41, 5.74) is 0. The van der Waals surface area contributed by atoms with Crippen molar-refractivity contribution in [2.75, 3.05) is 27.2 Å². The van der Waals surface area contributed by atoms with Crippen LogP contribution in [0.15, 0.2) is 0 Å². The molecule has 0 heterocycles. The van der Waals surface area contributed by atoms with E-state index in [1.54, 1.807) is 0 Å². The molecular weight excluding hydrogens is 200 g/mol. The molecule has 0 saturated carbocycles. The van der Waals surface area contributed by atoms with Gasteiger partial charge < -0.3 is 20.4 Å². The van der Waals surface area contributed by atoms with Crippen LogP contribution in [-0.2, 0) is 9.59 Å². The molecular formula is C9H18N2O4. The molecule has 0 aromatic rings. The zero-order chi connectivity index (χ0) is 11.8. The second-order valence-corrected chi connectivity index (χ2v) is 3.52. The fraction of sp³-hybridized carbons (Fsp3) is 0.778. The number of aliphatic carboxylic acids is 1. The molecule has 0 saturated heterocycles. The van der Waals surface area contributed by atoms with E-state index in [0.717, 1.165) is 0 Å². The largest absolute Gasteiger partial charge is 0.480 e. The number of rotatable bonds is 7. The van der Waals surface area contributed by atoms with Gasteiger partial charge in [0.15, 0.2) is 0 Å². The minimum Gasteiger partial charge on any atom is -0.480 e. The number of carboxylic acid groups (broad SMARTS) is 1. The summed E-state index contributed by atoms with van der Waals surface area (Å²) in [7, 11) is 3.66. The molecule has 0 aromatic heterocycles. The van der Waals surface area contributed by atoms with Gasteiger partial charge in [-0.25, -0.2) is 4.79 Å². The molecule has 6 nitrogen and oxygen atoms in total. The van der Waals surface area contributed by atoms with E-state index < -0.39 is 12.0 Å². The van der Waals surface area contributed by atoms with Crippen LogP contribution in [0.1, 0.15) is 12.8 Å². The van der Waals surface area contributed by atoms with Crippen molar-refractivity contribution in [2.24, 2.45) is 0 Å². The van der Waals surface area contributed by atoms with Crippen molar-refractivity contribution in [3.63, 3.8) is 0 Å². The summed E-state index contributed by atoms with van der Waals surface area (Å²) in [6.45, 7) is 0.308. The molecule has 0 spiro atoms. The SMILES string of the molecule is CN(C)CCC(=O)N[C@@H](CCO)C(=O)O. The Labute approximate surface area is 88.9 Å². The second kappa shape index (κ2) is 7.19. The van der Waals surface area contributed by atoms with Crippen LogP contribution in [0.3, 0.4) is 0 Å². The van der Waals surface area contributed by atoms with E-state index in [0.29, 0.717) is 6.54 Å². The molecule has 0 aromatic carbocycles. The molecule has 1 atom stereocenters. The van der Waals surface area contributed by atoms with Crippen LogP contribution in [-0.4, -0.2) is 60.3 Å². The molecule has 15 heavy (non-hydrogen) atoms. The molecule has 6 heteroatoms. The molecule has 0 aliphatic carbocycles. The van der Waals surface area contributed by atoms with Gasteiger partial charge in [-0.1, -0.05) is 0 Å². The zero-order valence-electron chi connectivity index (χ0n) is 9.06. The van der Waals surface area contributed by atoms with Crippen molar-refractivity contribution >= 4 is 11.9 Å². The molecule has 0 aliphatic heterocycles. The Hall–Kier alpha value is -1.14. The highest BCUT2D eigenvalue weighted by atomic mass is 16.4. The number of aliphatic hydroxyl groups excluding tert-OH is 1. The molecule has 0 radical (unpaired) electrons. The molecule has 1 amide bonds. The minimum atomic E-state index is -1.12. The Kier molecular flexibility index (Phi) is 6.64. The van der Waals surface area contributed by atoms with Crippen molar-refractivity contribution < 1.29 is 19.8 Å². The third kappa shape index (κ3) is 6.87. The number of carbonyl (C=O) groups is 2. The van der Waals surface area contributed by atoms with Gasteiger partial charge in [0.25, 0.3) is 0 Å². The van der Waals surface area contributed by atoms with Crippen molar-refractivity contribution in [3.8, 4) is 0 Å². The lowest BCUT2D eigenvalue weighted by atomic mass is 10.2. The highest BCUT2D eigenvalue weighted by Crippen LogP contribution is 1.93. The average molecular weight is 218 g/mol. The smallest absolute Gasteiger partial charge is 0.326 e. The minimum absolute atomic E-state index is 0.0308. The Morgan fingerprint density at radius 2 is 2.00 bits per heavy atom. The molecule has 0 rings (SSSR count). The number of hydrogen-bond donors (Lipinski definition) is 3. The van der Waals surface area contributed by atoms with Crippen LogP contribution < -0.4 is 5.32 Å². The predicted octanol–water partition coefficient (Wildman–Crippen LogP) is -1.11. The Morgan fingerprint density at radius 3 is 2.40 bits per heavy atom. The van der Waals surface area contributed by atoms with Crippen LogP contribution in [0.5, 0.6) is 0 Å². The van der Waals surface area contributed by atoms with E-state index in [4.69, 9.17) is 10.2 Å². The normalized spacial score (nSPS) is 12.5. The van der Waals surface area contributed by atoms with Crippen LogP contribution in [0.4, 0.5) is 0 Å². The van der Waals surface area contributed by atoms with Gasteiger partial charge in [-0.15, -0.1) is 0 Å². The van der Waals surface area contributed by atoms with E-state index in [1.165, 1.54) is 0 Å². The number of aliphatic hydroxyl groups is 1. The third-order valence-corrected chi connectivity index (χ3v) is 1.84. The molecule has 0 bridgehead atoms. The van der Waals surface area contributed by atoms with Gasteiger partial charge in [-0.05, 0) is 14.1 Å². The third-order valence-electron chi connectivity index (χ3n) is 1.84. The Morgan fingerprint density at radius 1 is 1.40 bits per heavy atom. The van der Waals surface area contributed by atoms with E-state index in [-0.39, 0.29) is 25.4 Å². The first-order valence-corrected chi connectivity index (χ1v) is 4.75. The number of carboxylic acids is 1. The van der Waals surface area contributed by atoms with Gasteiger partial charge in [0.1, 0.15) is 6.04 Å². The zero-order valence-corrected chi connectivity index (χ0v) is 9.06. The van der Waals surface area contributed by atoms with Crippen LogP contribution in [0.2, 0.25) is 0 Å². The number of carbonyl (C=O) groups excluding carboxylic acids is 1. The predicted molar refractivity (Wildman–Crippen MR) is 54.4 cm³/mol. The van der Waals surface area contributed by atoms with Gasteiger partial charge in [0.05, 0.1) is 0 Å². The Bertz CT molecular complexity index is 218. The Balaban J connectivity index is 3.94. The summed E-state index contributed by atoms with van der Waals surface area (Å²) in [6, 6.07) is -0.996. The van der Waals surface area contributed by atoms with E-state index in [2.05, 4.69) is 5.32 Å². The lowest BCUT2D eigenvalue weighted by molar-refractivity contribution is -0.142. The summed E-state index contributed by atoms with van der Waals surface area (Å²) >= 11 is 0. The lowest BCUT2D eigenvalue weighted by Gasteiger charge is -2.14. The molecule has 0 unspecified atom stereocenters. The fourth-order valence-corrected chi connectivity index (χ4v) is 0.978. The van der Waals surface area contributed by atoms with Gasteiger partial charge in [-0.2, -0.15) is 0 Å². The van der Waals surface area contributed by atoms with Gasteiger partial charge in [0.2, 0.25) is 5.91 Å². The first-order valence-electron chi connectivity index (χ1n) is 4.75. The number of hydrogen-bond acceptors (Lipinski definition) is 4. The second-order valence-electron chi connectivity index (χ2n) is 3.52. The van der Waals surface area contributed by atoms with Crippen molar-refractivity contribution in [3.05, 3.63) is 0 Å². The van der Waals surface area contributed by atoms with Crippen LogP contribution in [0.25, 0.3) is 0 Å². The van der Waals surface area contributed by atoms with E-state index in [9.17, 15) is 9.59 Å². The molecule has 88 valence electrons. The molecule has 0 fully saturated rings. The standard InChI is InChI=1S/C9H18N2O4/c1-11(2)5-3-8(13)10-7(4-6-12)9(14)15/h7,12H,3-6H2,1-2H3,(H,10,13)(H,14,15)/t7-/m0/s1. The number of nitrogens with zero attached hydrogens (tertiary/aromatic N) is 1. The van der Waals surface area contributed by atoms with Gasteiger partial charge in [0, 0.05) is 26.0 Å². The van der Waals surface area contributed by atoms with Gasteiger partial charge >= 0.3 is 5.97 Å². The molecule has 0 aliphatic rings. The quantitative estimate of drug-likeness (QED) is 0.504. The maximum absolute atomic E-state index is 11.3.